The number of hydrogen-bond donors (Lipinski definition) is 1. The quantitative estimate of drug-likeness (QED) is 0.128. The van der Waals surface area contributed by atoms with Crippen LogP contribution in [-0.2, 0) is 22.6 Å². The molecule has 1 aromatic carbocycles. The molecule has 3 rings (SSSR count). The highest BCUT2D eigenvalue weighted by molar-refractivity contribution is 5.76. The summed E-state index contributed by atoms with van der Waals surface area (Å²) in [5.41, 5.74) is 2.82. The third-order valence-corrected chi connectivity index (χ3v) is 8.26. The molecule has 0 atom stereocenters. The Morgan fingerprint density at radius 1 is 0.821 bits per heavy atom. The first-order valence-electron chi connectivity index (χ1n) is 16.3. The number of aromatic amines is 1. The highest BCUT2D eigenvalue weighted by atomic mass is 16.5. The fraction of sp³-hybridized carbons (Fsp3) is 0.758. The van der Waals surface area contributed by atoms with Crippen molar-refractivity contribution in [2.24, 2.45) is 0 Å². The number of unbranched alkanes of at least 4 members (excludes halogenated alkanes) is 14. The highest BCUT2D eigenvalue weighted by Crippen LogP contribution is 2.18. The van der Waals surface area contributed by atoms with E-state index in [9.17, 15) is 9.59 Å². The number of imidazole rings is 1. The Hall–Kier alpha value is -2.08. The maximum atomic E-state index is 12.5. The molecule has 2 heterocycles. The van der Waals surface area contributed by atoms with Gasteiger partial charge in [-0.15, -0.1) is 0 Å². The summed E-state index contributed by atoms with van der Waals surface area (Å²) in [6.07, 6.45) is 24.1. The summed E-state index contributed by atoms with van der Waals surface area (Å²) >= 11 is 0. The van der Waals surface area contributed by atoms with Crippen LogP contribution >= 0.6 is 0 Å². The third kappa shape index (κ3) is 12.3. The zero-order valence-electron chi connectivity index (χ0n) is 24.8. The van der Waals surface area contributed by atoms with Crippen LogP contribution in [0.1, 0.15) is 134 Å². The highest BCUT2D eigenvalue weighted by Gasteiger charge is 2.13. The minimum absolute atomic E-state index is 0.140. The molecule has 0 spiro atoms. The Morgan fingerprint density at radius 3 is 2.03 bits per heavy atom. The molecule has 1 saturated heterocycles. The first-order chi connectivity index (χ1) is 19.2. The molecule has 0 bridgehead atoms. The number of benzene rings is 1. The second-order valence-electron chi connectivity index (χ2n) is 11.7. The second kappa shape index (κ2) is 19.1. The zero-order chi connectivity index (χ0) is 27.5. The van der Waals surface area contributed by atoms with Crippen LogP contribution in [0.3, 0.4) is 0 Å². The molecule has 39 heavy (non-hydrogen) atoms. The number of hydrogen-bond acceptors (Lipinski definition) is 4. The molecule has 0 radical (unpaired) electrons. The van der Waals surface area contributed by atoms with E-state index in [-0.39, 0.29) is 18.3 Å². The number of ether oxygens (including phenoxy) is 1. The van der Waals surface area contributed by atoms with E-state index in [0.29, 0.717) is 13.0 Å². The van der Waals surface area contributed by atoms with Gasteiger partial charge in [-0.25, -0.2) is 4.79 Å². The Kier molecular flexibility index (Phi) is 15.4. The van der Waals surface area contributed by atoms with E-state index in [4.69, 9.17) is 4.74 Å². The normalized spacial score (nSPS) is 14.3. The van der Waals surface area contributed by atoms with Crippen molar-refractivity contribution in [3.8, 4) is 0 Å². The number of fused-ring (bicyclic) bond motifs is 1. The van der Waals surface area contributed by atoms with E-state index in [1.54, 1.807) is 4.57 Å². The van der Waals surface area contributed by atoms with Crippen molar-refractivity contribution >= 4 is 17.0 Å². The number of rotatable bonds is 21. The van der Waals surface area contributed by atoms with Gasteiger partial charge in [0.25, 0.3) is 0 Å². The average molecular weight is 542 g/mol. The third-order valence-electron chi connectivity index (χ3n) is 8.26. The number of H-pyrrole nitrogens is 1. The van der Waals surface area contributed by atoms with E-state index in [1.165, 1.54) is 108 Å². The molecule has 1 aromatic heterocycles. The van der Waals surface area contributed by atoms with Gasteiger partial charge in [-0.05, 0) is 50.0 Å². The number of nitrogens with one attached hydrogen (secondary N) is 1. The van der Waals surface area contributed by atoms with Crippen molar-refractivity contribution < 1.29 is 9.53 Å². The van der Waals surface area contributed by atoms with Crippen molar-refractivity contribution in [1.29, 1.82) is 0 Å². The Balaban J connectivity index is 1.19. The molecular formula is C33H55N3O3. The first-order valence-corrected chi connectivity index (χ1v) is 16.3. The van der Waals surface area contributed by atoms with Gasteiger partial charge in [0.2, 0.25) is 0 Å². The number of piperidine rings is 1. The van der Waals surface area contributed by atoms with Crippen molar-refractivity contribution in [3.63, 3.8) is 0 Å². The minimum Gasteiger partial charge on any atom is -0.464 e. The van der Waals surface area contributed by atoms with Gasteiger partial charge in [0, 0.05) is 13.0 Å². The molecule has 0 unspecified atom stereocenters. The summed E-state index contributed by atoms with van der Waals surface area (Å²) in [6.45, 7) is 6.13. The fourth-order valence-corrected chi connectivity index (χ4v) is 5.87. The van der Waals surface area contributed by atoms with Gasteiger partial charge in [-0.2, -0.15) is 0 Å². The van der Waals surface area contributed by atoms with Gasteiger partial charge in [-0.3, -0.25) is 14.3 Å². The SMILES string of the molecule is CCCCCCCCCCCCCCCCCC(=O)OCCn1c(=O)[nH]c2cc(CN3CCCCC3)ccc21. The summed E-state index contributed by atoms with van der Waals surface area (Å²) in [5.74, 6) is -0.151. The number of nitrogens with zero attached hydrogens (tertiary/aromatic N) is 2. The maximum absolute atomic E-state index is 12.5. The van der Waals surface area contributed by atoms with E-state index in [2.05, 4.69) is 28.9 Å². The van der Waals surface area contributed by atoms with Gasteiger partial charge >= 0.3 is 11.7 Å². The summed E-state index contributed by atoms with van der Waals surface area (Å²) in [7, 11) is 0. The lowest BCUT2D eigenvalue weighted by Crippen LogP contribution is -2.29. The number of aromatic nitrogens is 2. The molecule has 2 aromatic rings. The molecular weight excluding hydrogens is 486 g/mol. The molecule has 6 heteroatoms. The number of likely N-dealkylation sites (tertiary alicyclic amines) is 1. The lowest BCUT2D eigenvalue weighted by molar-refractivity contribution is -0.144. The standard InChI is InChI=1S/C33H55N3O3/c1-2-3-4-5-6-7-8-9-10-11-12-13-14-15-17-20-32(37)39-26-25-36-31-22-21-29(27-30(31)34-33(36)38)28-35-23-18-16-19-24-35/h21-22,27H,2-20,23-26,28H2,1H3,(H,34,38). The van der Waals surface area contributed by atoms with Crippen LogP contribution in [0.4, 0.5) is 0 Å². The lowest BCUT2D eigenvalue weighted by atomic mass is 10.0. The molecule has 1 aliphatic rings. The van der Waals surface area contributed by atoms with Crippen LogP contribution in [-0.4, -0.2) is 40.1 Å². The van der Waals surface area contributed by atoms with Gasteiger partial charge in [0.15, 0.2) is 0 Å². The number of carbonyl (C=O) groups excluding carboxylic acids is 1. The number of carbonyl (C=O) groups is 1. The second-order valence-corrected chi connectivity index (χ2v) is 11.7. The molecule has 1 aliphatic heterocycles. The van der Waals surface area contributed by atoms with Crippen LogP contribution in [0.2, 0.25) is 0 Å². The van der Waals surface area contributed by atoms with Crippen LogP contribution in [0, 0.1) is 0 Å². The minimum atomic E-state index is -0.151. The van der Waals surface area contributed by atoms with E-state index < -0.39 is 0 Å². The predicted molar refractivity (Wildman–Crippen MR) is 162 cm³/mol. The molecule has 1 fully saturated rings. The molecule has 1 N–H and O–H groups in total. The van der Waals surface area contributed by atoms with Crippen LogP contribution in [0.15, 0.2) is 23.0 Å². The Morgan fingerprint density at radius 2 is 1.41 bits per heavy atom. The molecule has 0 saturated carbocycles. The van der Waals surface area contributed by atoms with Crippen molar-refractivity contribution in [3.05, 3.63) is 34.2 Å². The Bertz CT molecular complexity index is 990. The molecule has 220 valence electrons. The van der Waals surface area contributed by atoms with E-state index >= 15 is 0 Å². The topological polar surface area (TPSA) is 67.3 Å². The maximum Gasteiger partial charge on any atom is 0.326 e. The van der Waals surface area contributed by atoms with E-state index in [1.807, 2.05) is 6.07 Å². The monoisotopic (exact) mass is 541 g/mol. The summed E-state index contributed by atoms with van der Waals surface area (Å²) in [5, 5.41) is 0. The van der Waals surface area contributed by atoms with Crippen LogP contribution in [0.5, 0.6) is 0 Å². The van der Waals surface area contributed by atoms with Crippen molar-refractivity contribution in [1.82, 2.24) is 14.5 Å². The first kappa shape index (κ1) is 31.4. The lowest BCUT2D eigenvalue weighted by Gasteiger charge is -2.26. The summed E-state index contributed by atoms with van der Waals surface area (Å²) in [6, 6.07) is 6.22. The molecule has 0 aliphatic carbocycles. The van der Waals surface area contributed by atoms with Gasteiger partial charge in [0.1, 0.15) is 6.61 Å². The van der Waals surface area contributed by atoms with Gasteiger partial charge in [-0.1, -0.05) is 109 Å². The summed E-state index contributed by atoms with van der Waals surface area (Å²) < 4.78 is 7.12. The fourth-order valence-electron chi connectivity index (χ4n) is 5.87. The van der Waals surface area contributed by atoms with Crippen LogP contribution in [0.25, 0.3) is 11.0 Å². The average Bonchev–Trinajstić information content (AvgIpc) is 3.25. The van der Waals surface area contributed by atoms with Crippen LogP contribution < -0.4 is 5.69 Å². The largest absolute Gasteiger partial charge is 0.464 e. The van der Waals surface area contributed by atoms with Crippen molar-refractivity contribution in [2.45, 2.75) is 142 Å². The molecule has 6 nitrogen and oxygen atoms in total. The Labute approximate surface area is 236 Å². The van der Waals surface area contributed by atoms with Crippen molar-refractivity contribution in [2.75, 3.05) is 19.7 Å². The molecule has 0 amide bonds. The zero-order valence-corrected chi connectivity index (χ0v) is 24.8. The van der Waals surface area contributed by atoms with Gasteiger partial charge in [0.05, 0.1) is 17.6 Å². The van der Waals surface area contributed by atoms with E-state index in [0.717, 1.165) is 43.5 Å². The van der Waals surface area contributed by atoms with Gasteiger partial charge < -0.3 is 9.72 Å². The predicted octanol–water partition coefficient (Wildman–Crippen LogP) is 8.12. The smallest absolute Gasteiger partial charge is 0.326 e. The summed E-state index contributed by atoms with van der Waals surface area (Å²) in [4.78, 5) is 30.1. The number of esters is 1.